The molecule has 0 saturated heterocycles. The Morgan fingerprint density at radius 3 is 2.74 bits per heavy atom. The van der Waals surface area contributed by atoms with E-state index in [2.05, 4.69) is 10.1 Å². The number of benzene rings is 1. The molecule has 3 aromatic heterocycles. The molecule has 0 atom stereocenters. The van der Waals surface area contributed by atoms with Crippen LogP contribution in [-0.2, 0) is 13.1 Å². The molecular formula is C23H23ClN6O. The van der Waals surface area contributed by atoms with Crippen molar-refractivity contribution >= 4 is 34.2 Å². The number of aryl methyl sites for hydroxylation is 1. The van der Waals surface area contributed by atoms with Crippen LogP contribution in [0.15, 0.2) is 48.8 Å². The van der Waals surface area contributed by atoms with Crippen molar-refractivity contribution in [3.8, 4) is 11.3 Å². The van der Waals surface area contributed by atoms with Crippen LogP contribution in [0, 0.1) is 6.92 Å². The number of amides is 1. The normalized spacial score (nSPS) is 11.1. The van der Waals surface area contributed by atoms with Crippen LogP contribution in [0.1, 0.15) is 28.5 Å². The number of carbonyl (C=O) groups excluding carboxylic acids is 1. The van der Waals surface area contributed by atoms with Crippen molar-refractivity contribution in [3.05, 3.63) is 70.6 Å². The summed E-state index contributed by atoms with van der Waals surface area (Å²) in [5, 5.41) is 5.63. The highest BCUT2D eigenvalue weighted by Crippen LogP contribution is 2.28. The first kappa shape index (κ1) is 20.8. The number of carbonyl (C=O) groups is 1. The summed E-state index contributed by atoms with van der Waals surface area (Å²) in [5.41, 5.74) is 10.6. The minimum Gasteiger partial charge on any atom is -0.384 e. The van der Waals surface area contributed by atoms with Crippen molar-refractivity contribution < 1.29 is 4.79 Å². The molecular weight excluding hydrogens is 412 g/mol. The van der Waals surface area contributed by atoms with Gasteiger partial charge in [0.25, 0.3) is 5.91 Å². The maximum Gasteiger partial charge on any atom is 0.254 e. The molecule has 0 aliphatic carbocycles. The number of halogens is 1. The van der Waals surface area contributed by atoms with Crippen LogP contribution in [0.5, 0.6) is 0 Å². The second-order valence-corrected chi connectivity index (χ2v) is 7.85. The van der Waals surface area contributed by atoms with Crippen molar-refractivity contribution in [2.45, 2.75) is 26.9 Å². The van der Waals surface area contributed by atoms with Gasteiger partial charge in [0.1, 0.15) is 5.82 Å². The van der Waals surface area contributed by atoms with Crippen LogP contribution in [0.4, 0.5) is 5.82 Å². The highest BCUT2D eigenvalue weighted by Gasteiger charge is 2.19. The standard InChI is InChI=1S/C23H23ClN6O/c1-4-30-14(2)16(12-27-30)13-29(3)23(31)19-11-21(15-7-8-26-22(25)9-15)28-20-6-5-17(24)10-18(19)20/h5-12H,4,13H2,1-3H3,(H2,25,26). The fraction of sp³-hybridized carbons (Fsp3) is 0.217. The van der Waals surface area contributed by atoms with Gasteiger partial charge in [-0.25, -0.2) is 9.97 Å². The number of rotatable bonds is 5. The van der Waals surface area contributed by atoms with E-state index in [4.69, 9.17) is 22.3 Å². The Labute approximate surface area is 185 Å². The molecule has 0 spiro atoms. The summed E-state index contributed by atoms with van der Waals surface area (Å²) >= 11 is 6.23. The molecule has 8 heteroatoms. The first-order valence-electron chi connectivity index (χ1n) is 9.96. The van der Waals surface area contributed by atoms with E-state index in [-0.39, 0.29) is 5.91 Å². The molecule has 0 fully saturated rings. The van der Waals surface area contributed by atoms with Crippen molar-refractivity contribution in [2.24, 2.45) is 0 Å². The third kappa shape index (κ3) is 4.09. The van der Waals surface area contributed by atoms with Crippen molar-refractivity contribution in [1.29, 1.82) is 0 Å². The second kappa shape index (κ2) is 8.35. The Bertz CT molecular complexity index is 1280. The molecule has 4 rings (SSSR count). The zero-order chi connectivity index (χ0) is 22.1. The summed E-state index contributed by atoms with van der Waals surface area (Å²) in [6, 6.07) is 10.7. The van der Waals surface area contributed by atoms with Gasteiger partial charge in [0.15, 0.2) is 0 Å². The van der Waals surface area contributed by atoms with Crippen molar-refractivity contribution in [1.82, 2.24) is 24.6 Å². The number of nitrogens with two attached hydrogens (primary N) is 1. The highest BCUT2D eigenvalue weighted by atomic mass is 35.5. The molecule has 0 saturated carbocycles. The van der Waals surface area contributed by atoms with E-state index < -0.39 is 0 Å². The number of nitrogens with zero attached hydrogens (tertiary/aromatic N) is 5. The number of pyridine rings is 2. The van der Waals surface area contributed by atoms with Crippen LogP contribution < -0.4 is 5.73 Å². The minimum atomic E-state index is -0.124. The van der Waals surface area contributed by atoms with Gasteiger partial charge in [-0.15, -0.1) is 0 Å². The predicted molar refractivity (Wildman–Crippen MR) is 123 cm³/mol. The quantitative estimate of drug-likeness (QED) is 0.505. The first-order chi connectivity index (χ1) is 14.9. The fourth-order valence-corrected chi connectivity index (χ4v) is 3.79. The molecule has 7 nitrogen and oxygen atoms in total. The zero-order valence-electron chi connectivity index (χ0n) is 17.6. The van der Waals surface area contributed by atoms with Crippen molar-refractivity contribution in [2.75, 3.05) is 12.8 Å². The van der Waals surface area contributed by atoms with E-state index in [0.29, 0.717) is 39.5 Å². The molecule has 1 amide bonds. The van der Waals surface area contributed by atoms with Crippen LogP contribution in [-0.4, -0.2) is 37.6 Å². The first-order valence-corrected chi connectivity index (χ1v) is 10.3. The fourth-order valence-electron chi connectivity index (χ4n) is 3.62. The summed E-state index contributed by atoms with van der Waals surface area (Å²) < 4.78 is 1.92. The average Bonchev–Trinajstić information content (AvgIpc) is 3.11. The van der Waals surface area contributed by atoms with E-state index in [9.17, 15) is 4.79 Å². The number of hydrogen-bond donors (Lipinski definition) is 1. The lowest BCUT2D eigenvalue weighted by molar-refractivity contribution is 0.0787. The number of aromatic nitrogens is 4. The van der Waals surface area contributed by atoms with E-state index in [1.165, 1.54) is 0 Å². The Hall–Kier alpha value is -3.45. The van der Waals surface area contributed by atoms with Gasteiger partial charge in [-0.05, 0) is 50.2 Å². The molecule has 31 heavy (non-hydrogen) atoms. The SMILES string of the molecule is CCn1ncc(CN(C)C(=O)c2cc(-c3ccnc(N)c3)nc3ccc(Cl)cc23)c1C. The maximum absolute atomic E-state index is 13.5. The number of fused-ring (bicyclic) bond motifs is 1. The summed E-state index contributed by atoms with van der Waals surface area (Å²) in [5.74, 6) is 0.269. The van der Waals surface area contributed by atoms with Gasteiger partial charge in [-0.1, -0.05) is 11.6 Å². The third-order valence-corrected chi connectivity index (χ3v) is 5.57. The molecule has 2 N–H and O–H groups in total. The van der Waals surface area contributed by atoms with Crippen LogP contribution in [0.2, 0.25) is 5.02 Å². The lowest BCUT2D eigenvalue weighted by atomic mass is 10.0. The Morgan fingerprint density at radius 1 is 1.23 bits per heavy atom. The largest absolute Gasteiger partial charge is 0.384 e. The maximum atomic E-state index is 13.5. The zero-order valence-corrected chi connectivity index (χ0v) is 18.4. The summed E-state index contributed by atoms with van der Waals surface area (Å²) in [4.78, 5) is 23.9. The summed E-state index contributed by atoms with van der Waals surface area (Å²) in [7, 11) is 1.78. The smallest absolute Gasteiger partial charge is 0.254 e. The van der Waals surface area contributed by atoms with Gasteiger partial charge in [0.2, 0.25) is 0 Å². The second-order valence-electron chi connectivity index (χ2n) is 7.42. The van der Waals surface area contributed by atoms with Gasteiger partial charge in [-0.3, -0.25) is 9.48 Å². The molecule has 0 aliphatic heterocycles. The van der Waals surface area contributed by atoms with Gasteiger partial charge in [0, 0.05) is 53.6 Å². The minimum absolute atomic E-state index is 0.124. The molecule has 4 aromatic rings. The van der Waals surface area contributed by atoms with E-state index in [1.54, 1.807) is 42.4 Å². The lowest BCUT2D eigenvalue weighted by Gasteiger charge is -2.19. The molecule has 3 heterocycles. The van der Waals surface area contributed by atoms with Gasteiger partial charge in [-0.2, -0.15) is 5.10 Å². The monoisotopic (exact) mass is 434 g/mol. The molecule has 0 radical (unpaired) electrons. The number of hydrogen-bond acceptors (Lipinski definition) is 5. The number of anilines is 1. The van der Waals surface area contributed by atoms with Crippen LogP contribution >= 0.6 is 11.6 Å². The average molecular weight is 435 g/mol. The number of nitrogen functional groups attached to an aromatic ring is 1. The van der Waals surface area contributed by atoms with Gasteiger partial charge < -0.3 is 10.6 Å². The molecule has 0 unspecified atom stereocenters. The van der Waals surface area contributed by atoms with E-state index in [0.717, 1.165) is 23.4 Å². The van der Waals surface area contributed by atoms with Crippen molar-refractivity contribution in [3.63, 3.8) is 0 Å². The topological polar surface area (TPSA) is 89.9 Å². The predicted octanol–water partition coefficient (Wildman–Crippen LogP) is 4.33. The van der Waals surface area contributed by atoms with Crippen LogP contribution in [0.3, 0.4) is 0 Å². The van der Waals surface area contributed by atoms with E-state index >= 15 is 0 Å². The molecule has 0 bridgehead atoms. The van der Waals surface area contributed by atoms with Gasteiger partial charge >= 0.3 is 0 Å². The molecule has 158 valence electrons. The van der Waals surface area contributed by atoms with Gasteiger partial charge in [0.05, 0.1) is 23.0 Å². The van der Waals surface area contributed by atoms with E-state index in [1.807, 2.05) is 36.9 Å². The summed E-state index contributed by atoms with van der Waals surface area (Å²) in [6.45, 7) is 5.29. The lowest BCUT2D eigenvalue weighted by Crippen LogP contribution is -2.26. The molecule has 0 aliphatic rings. The third-order valence-electron chi connectivity index (χ3n) is 5.34. The van der Waals surface area contributed by atoms with Crippen LogP contribution in [0.25, 0.3) is 22.2 Å². The Kier molecular flexibility index (Phi) is 5.61. The Morgan fingerprint density at radius 2 is 2.03 bits per heavy atom. The Balaban J connectivity index is 1.77. The summed E-state index contributed by atoms with van der Waals surface area (Å²) in [6.07, 6.45) is 3.44. The molecule has 1 aromatic carbocycles. The highest BCUT2D eigenvalue weighted by molar-refractivity contribution is 6.31.